The lowest BCUT2D eigenvalue weighted by atomic mass is 10.1. The Labute approximate surface area is 150 Å². The summed E-state index contributed by atoms with van der Waals surface area (Å²) in [7, 11) is 1.98. The van der Waals surface area contributed by atoms with Gasteiger partial charge in [-0.1, -0.05) is 35.9 Å². The van der Waals surface area contributed by atoms with Crippen LogP contribution in [-0.4, -0.2) is 19.5 Å². The van der Waals surface area contributed by atoms with Gasteiger partial charge < -0.3 is 9.88 Å². The molecule has 0 aliphatic rings. The number of hydrogen-bond acceptors (Lipinski definition) is 4. The molecule has 0 bridgehead atoms. The van der Waals surface area contributed by atoms with Gasteiger partial charge in [0.25, 0.3) is 0 Å². The number of aryl methyl sites for hydroxylation is 1. The summed E-state index contributed by atoms with van der Waals surface area (Å²) in [6, 6.07) is 15.5. The summed E-state index contributed by atoms with van der Waals surface area (Å²) >= 11 is 6.05. The second-order valence-electron chi connectivity index (χ2n) is 5.76. The van der Waals surface area contributed by atoms with Crippen LogP contribution in [0.25, 0.3) is 10.9 Å². The molecule has 1 atom stereocenters. The minimum atomic E-state index is -0.157. The Bertz CT molecular complexity index is 1000. The molecule has 4 aromatic rings. The van der Waals surface area contributed by atoms with E-state index in [0.717, 1.165) is 28.1 Å². The number of anilines is 1. The van der Waals surface area contributed by atoms with Crippen molar-refractivity contribution in [2.45, 2.75) is 6.04 Å². The van der Waals surface area contributed by atoms with Crippen molar-refractivity contribution in [1.82, 2.24) is 19.5 Å². The number of benzene rings is 2. The SMILES string of the molecule is Cn1ccnc1C(Nc1ncnc2ccccc12)c1ccc(Cl)cc1. The quantitative estimate of drug-likeness (QED) is 0.599. The maximum Gasteiger partial charge on any atom is 0.138 e. The molecule has 0 aliphatic carbocycles. The molecule has 0 spiro atoms. The largest absolute Gasteiger partial charge is 0.356 e. The molecule has 4 rings (SSSR count). The van der Waals surface area contributed by atoms with Crippen molar-refractivity contribution in [1.29, 1.82) is 0 Å². The Morgan fingerprint density at radius 1 is 1.00 bits per heavy atom. The molecule has 124 valence electrons. The fraction of sp³-hybridized carbons (Fsp3) is 0.105. The van der Waals surface area contributed by atoms with Crippen molar-refractivity contribution >= 4 is 28.3 Å². The lowest BCUT2D eigenvalue weighted by Crippen LogP contribution is -2.17. The number of hydrogen-bond donors (Lipinski definition) is 1. The van der Waals surface area contributed by atoms with E-state index in [0.29, 0.717) is 5.02 Å². The van der Waals surface area contributed by atoms with E-state index < -0.39 is 0 Å². The molecule has 2 heterocycles. The average Bonchev–Trinajstić information content (AvgIpc) is 3.06. The number of imidazole rings is 1. The normalized spacial score (nSPS) is 12.2. The van der Waals surface area contributed by atoms with Crippen LogP contribution in [0, 0.1) is 0 Å². The summed E-state index contributed by atoms with van der Waals surface area (Å²) < 4.78 is 2.00. The van der Waals surface area contributed by atoms with Gasteiger partial charge in [0.15, 0.2) is 0 Å². The zero-order chi connectivity index (χ0) is 17.2. The second-order valence-corrected chi connectivity index (χ2v) is 6.20. The van der Waals surface area contributed by atoms with Crippen LogP contribution in [0.5, 0.6) is 0 Å². The van der Waals surface area contributed by atoms with Gasteiger partial charge in [-0.2, -0.15) is 0 Å². The number of para-hydroxylation sites is 1. The third-order valence-electron chi connectivity index (χ3n) is 4.14. The molecule has 0 saturated carbocycles. The van der Waals surface area contributed by atoms with Crippen molar-refractivity contribution in [3.63, 3.8) is 0 Å². The zero-order valence-corrected chi connectivity index (χ0v) is 14.4. The highest BCUT2D eigenvalue weighted by Crippen LogP contribution is 2.28. The van der Waals surface area contributed by atoms with Crippen molar-refractivity contribution in [2.75, 3.05) is 5.32 Å². The predicted octanol–water partition coefficient (Wildman–Crippen LogP) is 4.22. The van der Waals surface area contributed by atoms with Crippen LogP contribution in [0.3, 0.4) is 0 Å². The molecule has 0 fully saturated rings. The molecule has 5 nitrogen and oxygen atoms in total. The van der Waals surface area contributed by atoms with Gasteiger partial charge in [-0.3, -0.25) is 0 Å². The molecule has 2 aromatic heterocycles. The van der Waals surface area contributed by atoms with E-state index in [1.165, 1.54) is 0 Å². The summed E-state index contributed by atoms with van der Waals surface area (Å²) in [5.74, 6) is 1.67. The standard InChI is InChI=1S/C19H16ClN5/c1-25-11-10-21-19(25)17(13-6-8-14(20)9-7-13)24-18-15-4-2-3-5-16(15)22-12-23-18/h2-12,17H,1H3,(H,22,23,24). The molecule has 0 aliphatic heterocycles. The first-order chi connectivity index (χ1) is 12.2. The highest BCUT2D eigenvalue weighted by atomic mass is 35.5. The highest BCUT2D eigenvalue weighted by Gasteiger charge is 2.20. The van der Waals surface area contributed by atoms with Gasteiger partial charge in [-0.15, -0.1) is 0 Å². The van der Waals surface area contributed by atoms with E-state index in [4.69, 9.17) is 11.6 Å². The molecule has 0 saturated heterocycles. The van der Waals surface area contributed by atoms with Gasteiger partial charge in [0.1, 0.15) is 24.0 Å². The number of aromatic nitrogens is 4. The Hall–Kier alpha value is -2.92. The molecule has 2 aromatic carbocycles. The number of nitrogens with one attached hydrogen (secondary N) is 1. The molecule has 1 N–H and O–H groups in total. The van der Waals surface area contributed by atoms with Gasteiger partial charge in [-0.05, 0) is 29.8 Å². The summed E-state index contributed by atoms with van der Waals surface area (Å²) in [5.41, 5.74) is 1.95. The fourth-order valence-corrected chi connectivity index (χ4v) is 2.99. The topological polar surface area (TPSA) is 55.6 Å². The summed E-state index contributed by atoms with van der Waals surface area (Å²) in [4.78, 5) is 13.3. The van der Waals surface area contributed by atoms with Crippen molar-refractivity contribution in [2.24, 2.45) is 7.05 Å². The lowest BCUT2D eigenvalue weighted by Gasteiger charge is -2.20. The Balaban J connectivity index is 1.81. The Morgan fingerprint density at radius 3 is 2.56 bits per heavy atom. The molecule has 1 unspecified atom stereocenters. The predicted molar refractivity (Wildman–Crippen MR) is 99.7 cm³/mol. The van der Waals surface area contributed by atoms with Crippen LogP contribution in [-0.2, 0) is 7.05 Å². The molecule has 0 radical (unpaired) electrons. The van der Waals surface area contributed by atoms with E-state index in [9.17, 15) is 0 Å². The minimum absolute atomic E-state index is 0.157. The van der Waals surface area contributed by atoms with Crippen molar-refractivity contribution < 1.29 is 0 Å². The minimum Gasteiger partial charge on any atom is -0.356 e. The third-order valence-corrected chi connectivity index (χ3v) is 4.40. The number of nitrogens with zero attached hydrogens (tertiary/aromatic N) is 4. The Kier molecular flexibility index (Phi) is 4.07. The summed E-state index contributed by atoms with van der Waals surface area (Å²) in [6.45, 7) is 0. The highest BCUT2D eigenvalue weighted by molar-refractivity contribution is 6.30. The van der Waals surface area contributed by atoms with E-state index >= 15 is 0 Å². The van der Waals surface area contributed by atoms with Gasteiger partial charge >= 0.3 is 0 Å². The van der Waals surface area contributed by atoms with Gasteiger partial charge in [0.05, 0.1) is 5.52 Å². The number of rotatable bonds is 4. The molecule has 6 heteroatoms. The molecule has 25 heavy (non-hydrogen) atoms. The fourth-order valence-electron chi connectivity index (χ4n) is 2.86. The van der Waals surface area contributed by atoms with Crippen molar-refractivity contribution in [3.8, 4) is 0 Å². The van der Waals surface area contributed by atoms with Crippen LogP contribution < -0.4 is 5.32 Å². The third kappa shape index (κ3) is 3.06. The maximum absolute atomic E-state index is 6.05. The summed E-state index contributed by atoms with van der Waals surface area (Å²) in [5, 5.41) is 5.20. The smallest absolute Gasteiger partial charge is 0.138 e. The number of fused-ring (bicyclic) bond motifs is 1. The first-order valence-corrected chi connectivity index (χ1v) is 8.29. The van der Waals surface area contributed by atoms with E-state index in [1.807, 2.05) is 66.3 Å². The molecular weight excluding hydrogens is 334 g/mol. The van der Waals surface area contributed by atoms with Crippen LogP contribution in [0.2, 0.25) is 5.02 Å². The van der Waals surface area contributed by atoms with E-state index in [-0.39, 0.29) is 6.04 Å². The molecular formula is C19H16ClN5. The first kappa shape index (κ1) is 15.6. The van der Waals surface area contributed by atoms with Crippen LogP contribution in [0.4, 0.5) is 5.82 Å². The molecule has 0 amide bonds. The van der Waals surface area contributed by atoms with Gasteiger partial charge in [-0.25, -0.2) is 15.0 Å². The van der Waals surface area contributed by atoms with Gasteiger partial charge in [0, 0.05) is 29.9 Å². The summed E-state index contributed by atoms with van der Waals surface area (Å²) in [6.07, 6.45) is 5.29. The van der Waals surface area contributed by atoms with Gasteiger partial charge in [0.2, 0.25) is 0 Å². The van der Waals surface area contributed by atoms with Crippen LogP contribution in [0.1, 0.15) is 17.4 Å². The van der Waals surface area contributed by atoms with Crippen LogP contribution >= 0.6 is 11.6 Å². The maximum atomic E-state index is 6.05. The van der Waals surface area contributed by atoms with E-state index in [1.54, 1.807) is 12.5 Å². The Morgan fingerprint density at radius 2 is 1.80 bits per heavy atom. The monoisotopic (exact) mass is 349 g/mol. The van der Waals surface area contributed by atoms with Crippen LogP contribution in [0.15, 0.2) is 67.3 Å². The average molecular weight is 350 g/mol. The number of halogens is 1. The zero-order valence-electron chi connectivity index (χ0n) is 13.6. The lowest BCUT2D eigenvalue weighted by molar-refractivity contribution is 0.746. The van der Waals surface area contributed by atoms with Crippen molar-refractivity contribution in [3.05, 3.63) is 83.7 Å². The second kappa shape index (κ2) is 6.53. The first-order valence-electron chi connectivity index (χ1n) is 7.91. The van der Waals surface area contributed by atoms with E-state index in [2.05, 4.69) is 20.3 Å².